The number of nitrogens with zero attached hydrogens (tertiary/aromatic N) is 1. The summed E-state index contributed by atoms with van der Waals surface area (Å²) < 4.78 is -0.784. The minimum atomic E-state index is -0.795. The van der Waals surface area contributed by atoms with Gasteiger partial charge in [0.05, 0.1) is 5.69 Å². The van der Waals surface area contributed by atoms with Gasteiger partial charge in [-0.25, -0.2) is 4.98 Å². The Balaban J connectivity index is 2.06. The van der Waals surface area contributed by atoms with Crippen molar-refractivity contribution in [1.29, 1.82) is 0 Å². The van der Waals surface area contributed by atoms with Gasteiger partial charge in [0, 0.05) is 16.7 Å². The van der Waals surface area contributed by atoms with E-state index in [0.717, 1.165) is 16.3 Å². The van der Waals surface area contributed by atoms with Crippen LogP contribution in [0.15, 0.2) is 29.6 Å². The summed E-state index contributed by atoms with van der Waals surface area (Å²) in [6.45, 7) is 5.49. The number of rotatable bonds is 5. The predicted molar refractivity (Wildman–Crippen MR) is 85.3 cm³/mol. The van der Waals surface area contributed by atoms with E-state index in [-0.39, 0.29) is 0 Å². The Hall–Kier alpha value is -1.33. The van der Waals surface area contributed by atoms with Crippen molar-refractivity contribution in [3.63, 3.8) is 0 Å². The van der Waals surface area contributed by atoms with Crippen LogP contribution in [0.3, 0.4) is 0 Å². The minimum absolute atomic E-state index is 0.613. The zero-order chi connectivity index (χ0) is 14.8. The third-order valence-electron chi connectivity index (χ3n) is 2.95. The summed E-state index contributed by atoms with van der Waals surface area (Å²) in [5.41, 5.74) is 3.27. The van der Waals surface area contributed by atoms with Gasteiger partial charge in [-0.05, 0) is 20.8 Å². The second-order valence-electron chi connectivity index (χ2n) is 5.11. The molecular formula is C15H17NO2S2. The normalized spacial score (nSPS) is 11.6. The average molecular weight is 307 g/mol. The number of hydrogen-bond donors (Lipinski definition) is 1. The van der Waals surface area contributed by atoms with Crippen LogP contribution in [0.2, 0.25) is 0 Å². The van der Waals surface area contributed by atoms with Crippen LogP contribution in [0, 0.1) is 6.92 Å². The molecule has 1 heterocycles. The molecule has 0 fully saturated rings. The highest BCUT2D eigenvalue weighted by atomic mass is 32.2. The fourth-order valence-corrected chi connectivity index (χ4v) is 3.23. The Morgan fingerprint density at radius 2 is 2.00 bits per heavy atom. The Morgan fingerprint density at radius 3 is 2.60 bits per heavy atom. The first kappa shape index (κ1) is 15.1. The highest BCUT2D eigenvalue weighted by Crippen LogP contribution is 2.30. The number of thioether (sulfide) groups is 1. The van der Waals surface area contributed by atoms with Crippen molar-refractivity contribution < 1.29 is 9.90 Å². The second-order valence-corrected chi connectivity index (χ2v) is 7.57. The molecular weight excluding hydrogens is 290 g/mol. The van der Waals surface area contributed by atoms with E-state index in [1.165, 1.54) is 17.3 Å². The highest BCUT2D eigenvalue weighted by Gasteiger charge is 2.27. The maximum absolute atomic E-state index is 11.1. The predicted octanol–water partition coefficient (Wildman–Crippen LogP) is 4.21. The number of carboxylic acid groups (broad SMARTS) is 1. The highest BCUT2D eigenvalue weighted by molar-refractivity contribution is 8.00. The number of hydrogen-bond acceptors (Lipinski definition) is 4. The maximum atomic E-state index is 11.1. The Bertz CT molecular complexity index is 603. The number of aryl methyl sites for hydroxylation is 1. The van der Waals surface area contributed by atoms with Gasteiger partial charge in [0.1, 0.15) is 9.75 Å². The van der Waals surface area contributed by atoms with Crippen molar-refractivity contribution >= 4 is 29.1 Å². The smallest absolute Gasteiger partial charge is 0.319 e. The number of aliphatic carboxylic acids is 1. The van der Waals surface area contributed by atoms with Crippen LogP contribution < -0.4 is 0 Å². The van der Waals surface area contributed by atoms with E-state index in [2.05, 4.69) is 36.2 Å². The zero-order valence-corrected chi connectivity index (χ0v) is 13.3. The Morgan fingerprint density at radius 1 is 1.35 bits per heavy atom. The summed E-state index contributed by atoms with van der Waals surface area (Å²) in [4.78, 5) is 15.6. The molecule has 0 amide bonds. The molecule has 0 bridgehead atoms. The van der Waals surface area contributed by atoms with Crippen LogP contribution >= 0.6 is 23.1 Å². The maximum Gasteiger partial charge on any atom is 0.319 e. The van der Waals surface area contributed by atoms with E-state index >= 15 is 0 Å². The first-order chi connectivity index (χ1) is 9.38. The van der Waals surface area contributed by atoms with Gasteiger partial charge in [0.2, 0.25) is 0 Å². The van der Waals surface area contributed by atoms with Crippen molar-refractivity contribution in [1.82, 2.24) is 4.98 Å². The summed E-state index contributed by atoms with van der Waals surface area (Å²) in [6, 6.07) is 8.26. The lowest BCUT2D eigenvalue weighted by atomic mass is 10.2. The van der Waals surface area contributed by atoms with Crippen LogP contribution in [0.1, 0.15) is 25.1 Å². The van der Waals surface area contributed by atoms with Gasteiger partial charge in [-0.3, -0.25) is 4.79 Å². The van der Waals surface area contributed by atoms with Crippen LogP contribution in [0.4, 0.5) is 0 Å². The second kappa shape index (κ2) is 5.97. The summed E-state index contributed by atoms with van der Waals surface area (Å²) in [7, 11) is 0. The number of aromatic nitrogens is 1. The van der Waals surface area contributed by atoms with Crippen molar-refractivity contribution in [2.45, 2.75) is 31.3 Å². The Kier molecular flexibility index (Phi) is 4.50. The summed E-state index contributed by atoms with van der Waals surface area (Å²) in [6.07, 6.45) is 0. The van der Waals surface area contributed by atoms with E-state index in [0.29, 0.717) is 5.75 Å². The summed E-state index contributed by atoms with van der Waals surface area (Å²) in [5.74, 6) is -0.182. The lowest BCUT2D eigenvalue weighted by molar-refractivity contribution is -0.138. The molecule has 0 aliphatic heterocycles. The fraction of sp³-hybridized carbons (Fsp3) is 0.333. The van der Waals surface area contributed by atoms with Crippen LogP contribution in [-0.4, -0.2) is 20.8 Å². The number of benzene rings is 1. The molecule has 0 aliphatic carbocycles. The zero-order valence-electron chi connectivity index (χ0n) is 11.7. The third-order valence-corrected chi connectivity index (χ3v) is 5.22. The van der Waals surface area contributed by atoms with E-state index in [1.807, 2.05) is 5.38 Å². The number of carbonyl (C=O) groups is 1. The lowest BCUT2D eigenvalue weighted by Gasteiger charge is -2.17. The van der Waals surface area contributed by atoms with Crippen LogP contribution in [0.5, 0.6) is 0 Å². The van der Waals surface area contributed by atoms with E-state index in [4.69, 9.17) is 5.11 Å². The molecule has 106 valence electrons. The molecule has 5 heteroatoms. The molecule has 2 rings (SSSR count). The summed E-state index contributed by atoms with van der Waals surface area (Å²) in [5, 5.41) is 12.1. The summed E-state index contributed by atoms with van der Waals surface area (Å²) >= 11 is 2.99. The van der Waals surface area contributed by atoms with Gasteiger partial charge < -0.3 is 5.11 Å². The first-order valence-corrected chi connectivity index (χ1v) is 8.14. The average Bonchev–Trinajstić information content (AvgIpc) is 2.86. The van der Waals surface area contributed by atoms with Crippen LogP contribution in [0.25, 0.3) is 10.6 Å². The van der Waals surface area contributed by atoms with Crippen molar-refractivity contribution in [3.05, 3.63) is 40.9 Å². The molecule has 0 saturated carbocycles. The SMILES string of the molecule is Cc1ccc(-c2nc(CSC(C)(C)C(=O)O)cs2)cc1. The molecule has 20 heavy (non-hydrogen) atoms. The van der Waals surface area contributed by atoms with Crippen molar-refractivity contribution in [3.8, 4) is 10.6 Å². The quantitative estimate of drug-likeness (QED) is 0.898. The fourth-order valence-electron chi connectivity index (χ4n) is 1.52. The van der Waals surface area contributed by atoms with Gasteiger partial charge >= 0.3 is 5.97 Å². The molecule has 1 N–H and O–H groups in total. The largest absolute Gasteiger partial charge is 0.480 e. The van der Waals surface area contributed by atoms with Gasteiger partial charge in [0.15, 0.2) is 0 Å². The number of thiazole rings is 1. The first-order valence-electron chi connectivity index (χ1n) is 6.27. The van der Waals surface area contributed by atoms with E-state index < -0.39 is 10.7 Å². The lowest BCUT2D eigenvalue weighted by Crippen LogP contribution is -2.27. The van der Waals surface area contributed by atoms with Crippen molar-refractivity contribution in [2.75, 3.05) is 0 Å². The molecule has 2 aromatic rings. The topological polar surface area (TPSA) is 50.2 Å². The molecule has 3 nitrogen and oxygen atoms in total. The minimum Gasteiger partial charge on any atom is -0.480 e. The van der Waals surface area contributed by atoms with E-state index in [1.54, 1.807) is 25.2 Å². The molecule has 0 saturated heterocycles. The monoisotopic (exact) mass is 307 g/mol. The molecule has 1 aromatic heterocycles. The molecule has 0 radical (unpaired) electrons. The third kappa shape index (κ3) is 3.61. The van der Waals surface area contributed by atoms with Gasteiger partial charge in [0.25, 0.3) is 0 Å². The number of carboxylic acids is 1. The molecule has 0 aliphatic rings. The van der Waals surface area contributed by atoms with Gasteiger partial charge in [-0.2, -0.15) is 0 Å². The Labute approximate surface area is 127 Å². The van der Waals surface area contributed by atoms with Gasteiger partial charge in [-0.1, -0.05) is 29.8 Å². The molecule has 1 aromatic carbocycles. The molecule has 0 unspecified atom stereocenters. The molecule has 0 atom stereocenters. The van der Waals surface area contributed by atoms with Crippen molar-refractivity contribution in [2.24, 2.45) is 0 Å². The molecule has 0 spiro atoms. The van der Waals surface area contributed by atoms with Crippen LogP contribution in [-0.2, 0) is 10.5 Å². The standard InChI is InChI=1S/C15H17NO2S2/c1-10-4-6-11(7-5-10)13-16-12(8-19-13)9-20-15(2,3)14(17)18/h4-8H,9H2,1-3H3,(H,17,18). The van der Waals surface area contributed by atoms with E-state index in [9.17, 15) is 4.79 Å². The van der Waals surface area contributed by atoms with Gasteiger partial charge in [-0.15, -0.1) is 23.1 Å².